The van der Waals surface area contributed by atoms with Crippen LogP contribution in [0.25, 0.3) is 11.1 Å². The number of aliphatic hydroxyl groups is 1. The van der Waals surface area contributed by atoms with Gasteiger partial charge in [-0.25, -0.2) is 0 Å². The predicted octanol–water partition coefficient (Wildman–Crippen LogP) is 4.21. The number of fused-ring (bicyclic) bond motifs is 3. The van der Waals surface area contributed by atoms with Gasteiger partial charge >= 0.3 is 0 Å². The van der Waals surface area contributed by atoms with E-state index in [0.29, 0.717) is 0 Å². The summed E-state index contributed by atoms with van der Waals surface area (Å²) in [6.45, 7) is 7.77. The summed E-state index contributed by atoms with van der Waals surface area (Å²) in [5, 5.41) is 14.7. The van der Waals surface area contributed by atoms with Crippen molar-refractivity contribution in [1.82, 2.24) is 5.32 Å². The molecule has 0 amide bonds. The molecule has 0 saturated carbocycles. The summed E-state index contributed by atoms with van der Waals surface area (Å²) in [7, 11) is 0. The van der Waals surface area contributed by atoms with E-state index in [2.05, 4.69) is 68.6 Å². The second-order valence-corrected chi connectivity index (χ2v) is 8.31. The van der Waals surface area contributed by atoms with Gasteiger partial charge in [-0.15, -0.1) is 0 Å². The molecule has 2 nitrogen and oxygen atoms in total. The Morgan fingerprint density at radius 2 is 1.79 bits per heavy atom. The van der Waals surface area contributed by atoms with Crippen LogP contribution in [-0.2, 0) is 5.41 Å². The van der Waals surface area contributed by atoms with E-state index >= 15 is 0 Å². The van der Waals surface area contributed by atoms with Gasteiger partial charge in [-0.3, -0.25) is 0 Å². The maximum Gasteiger partial charge on any atom is 0.0802 e. The van der Waals surface area contributed by atoms with Crippen LogP contribution in [0.4, 0.5) is 0 Å². The van der Waals surface area contributed by atoms with Crippen LogP contribution in [0.2, 0.25) is 0 Å². The van der Waals surface area contributed by atoms with Crippen molar-refractivity contribution in [3.05, 3.63) is 59.2 Å². The molecule has 0 aromatic heterocycles. The quantitative estimate of drug-likeness (QED) is 0.868. The summed E-state index contributed by atoms with van der Waals surface area (Å²) in [5.74, 6) is 0.0779. The van der Waals surface area contributed by atoms with Crippen molar-refractivity contribution in [2.75, 3.05) is 6.54 Å². The molecule has 2 aliphatic rings. The minimum absolute atomic E-state index is 0.0779. The van der Waals surface area contributed by atoms with Gasteiger partial charge < -0.3 is 10.4 Å². The van der Waals surface area contributed by atoms with Crippen LogP contribution in [0.5, 0.6) is 0 Å². The molecule has 3 atom stereocenters. The monoisotopic (exact) mass is 321 g/mol. The normalized spacial score (nSPS) is 23.8. The summed E-state index contributed by atoms with van der Waals surface area (Å²) in [5.41, 5.74) is 6.61. The molecule has 2 aromatic carbocycles. The maximum atomic E-state index is 11.2. The molecule has 126 valence electrons. The molecular formula is C22H27NO. The number of hydrogen-bond donors (Lipinski definition) is 2. The van der Waals surface area contributed by atoms with Crippen molar-refractivity contribution >= 4 is 0 Å². The zero-order valence-electron chi connectivity index (χ0n) is 14.8. The number of hydrogen-bond acceptors (Lipinski definition) is 2. The average molecular weight is 321 g/mol. The van der Waals surface area contributed by atoms with Crippen molar-refractivity contribution in [1.29, 1.82) is 0 Å². The van der Waals surface area contributed by atoms with Crippen LogP contribution in [-0.4, -0.2) is 23.8 Å². The highest BCUT2D eigenvalue weighted by Crippen LogP contribution is 2.48. The SMILES string of the molecule is CC(C)(C)c1ccc2c(c1)C([C@@H](O)[C@@H]1CCCN1)c1ccccc1-2. The lowest BCUT2D eigenvalue weighted by Crippen LogP contribution is -2.38. The standard InChI is InChI=1S/C22H27NO/c1-22(2,3)14-10-11-16-15-7-4-5-8-17(15)20(18(16)13-14)21(24)19-9-6-12-23-19/h4-5,7-8,10-11,13,19-21,23-24H,6,9,12H2,1-3H3/t19-,20?,21-/m0/s1. The van der Waals surface area contributed by atoms with E-state index < -0.39 is 0 Å². The van der Waals surface area contributed by atoms with E-state index in [9.17, 15) is 5.11 Å². The highest BCUT2D eigenvalue weighted by molar-refractivity contribution is 5.79. The zero-order chi connectivity index (χ0) is 16.9. The van der Waals surface area contributed by atoms with Crippen molar-refractivity contribution in [3.8, 4) is 11.1 Å². The first-order valence-electron chi connectivity index (χ1n) is 9.12. The van der Waals surface area contributed by atoms with Crippen LogP contribution in [0, 0.1) is 0 Å². The molecule has 2 heteroatoms. The fraction of sp³-hybridized carbons (Fsp3) is 0.455. The lowest BCUT2D eigenvalue weighted by molar-refractivity contribution is 0.120. The Kier molecular flexibility index (Phi) is 3.78. The van der Waals surface area contributed by atoms with Crippen molar-refractivity contribution < 1.29 is 5.11 Å². The van der Waals surface area contributed by atoms with Gasteiger partial charge in [-0.2, -0.15) is 0 Å². The highest BCUT2D eigenvalue weighted by Gasteiger charge is 2.38. The average Bonchev–Trinajstić information content (AvgIpc) is 3.19. The smallest absolute Gasteiger partial charge is 0.0802 e. The van der Waals surface area contributed by atoms with Crippen LogP contribution >= 0.6 is 0 Å². The van der Waals surface area contributed by atoms with Gasteiger partial charge in [0.25, 0.3) is 0 Å². The molecule has 1 saturated heterocycles. The second-order valence-electron chi connectivity index (χ2n) is 8.31. The summed E-state index contributed by atoms with van der Waals surface area (Å²) in [4.78, 5) is 0. The first-order valence-corrected chi connectivity index (χ1v) is 9.12. The molecule has 2 aromatic rings. The minimum Gasteiger partial charge on any atom is -0.391 e. The van der Waals surface area contributed by atoms with E-state index in [1.54, 1.807) is 0 Å². The summed E-state index contributed by atoms with van der Waals surface area (Å²) >= 11 is 0. The molecule has 1 aliphatic heterocycles. The van der Waals surface area contributed by atoms with Gasteiger partial charge in [-0.05, 0) is 52.6 Å². The van der Waals surface area contributed by atoms with E-state index in [0.717, 1.165) is 19.4 Å². The Hall–Kier alpha value is -1.64. The van der Waals surface area contributed by atoms with Gasteiger partial charge in [0, 0.05) is 12.0 Å². The third-order valence-electron chi connectivity index (χ3n) is 5.69. The first-order chi connectivity index (χ1) is 11.5. The Bertz CT molecular complexity index is 753. The van der Waals surface area contributed by atoms with Crippen LogP contribution in [0.15, 0.2) is 42.5 Å². The van der Waals surface area contributed by atoms with E-state index in [4.69, 9.17) is 0 Å². The third-order valence-corrected chi connectivity index (χ3v) is 5.69. The van der Waals surface area contributed by atoms with Gasteiger partial charge in [0.15, 0.2) is 0 Å². The van der Waals surface area contributed by atoms with Gasteiger partial charge in [0.1, 0.15) is 0 Å². The van der Waals surface area contributed by atoms with Gasteiger partial charge in [-0.1, -0.05) is 63.2 Å². The van der Waals surface area contributed by atoms with E-state index in [1.165, 1.54) is 27.8 Å². The van der Waals surface area contributed by atoms with E-state index in [-0.39, 0.29) is 23.5 Å². The highest BCUT2D eigenvalue weighted by atomic mass is 16.3. The summed E-state index contributed by atoms with van der Waals surface area (Å²) in [6, 6.07) is 15.6. The predicted molar refractivity (Wildman–Crippen MR) is 99.5 cm³/mol. The third kappa shape index (κ3) is 2.49. The van der Waals surface area contributed by atoms with Crippen molar-refractivity contribution in [3.63, 3.8) is 0 Å². The van der Waals surface area contributed by atoms with Gasteiger partial charge in [0.05, 0.1) is 6.10 Å². The molecule has 1 aliphatic carbocycles. The second kappa shape index (κ2) is 5.72. The molecule has 0 radical (unpaired) electrons. The fourth-order valence-corrected chi connectivity index (χ4v) is 4.32. The molecule has 1 heterocycles. The lowest BCUT2D eigenvalue weighted by atomic mass is 9.82. The largest absolute Gasteiger partial charge is 0.391 e. The number of rotatable bonds is 2. The molecule has 0 bridgehead atoms. The van der Waals surface area contributed by atoms with Gasteiger partial charge in [0.2, 0.25) is 0 Å². The molecule has 0 spiro atoms. The minimum atomic E-state index is -0.370. The Morgan fingerprint density at radius 3 is 2.50 bits per heavy atom. The van der Waals surface area contributed by atoms with Crippen LogP contribution in [0.3, 0.4) is 0 Å². The Balaban J connectivity index is 1.84. The molecule has 2 N–H and O–H groups in total. The van der Waals surface area contributed by atoms with Crippen molar-refractivity contribution in [2.45, 2.75) is 57.1 Å². The Morgan fingerprint density at radius 1 is 1.04 bits per heavy atom. The van der Waals surface area contributed by atoms with E-state index in [1.807, 2.05) is 0 Å². The Labute approximate surface area is 144 Å². The first kappa shape index (κ1) is 15.9. The topological polar surface area (TPSA) is 32.3 Å². The molecule has 24 heavy (non-hydrogen) atoms. The molecule has 4 rings (SSSR count). The molecular weight excluding hydrogens is 294 g/mol. The summed E-state index contributed by atoms with van der Waals surface area (Å²) < 4.78 is 0. The number of aliphatic hydroxyl groups excluding tert-OH is 1. The lowest BCUT2D eigenvalue weighted by Gasteiger charge is -2.27. The molecule has 1 unspecified atom stereocenters. The maximum absolute atomic E-state index is 11.2. The van der Waals surface area contributed by atoms with Crippen molar-refractivity contribution in [2.24, 2.45) is 0 Å². The van der Waals surface area contributed by atoms with Crippen LogP contribution < -0.4 is 5.32 Å². The molecule has 1 fully saturated rings. The summed E-state index contributed by atoms with van der Waals surface area (Å²) in [6.07, 6.45) is 1.85. The number of benzene rings is 2. The number of nitrogens with one attached hydrogen (secondary N) is 1. The fourth-order valence-electron chi connectivity index (χ4n) is 4.32. The zero-order valence-corrected chi connectivity index (χ0v) is 14.8. The van der Waals surface area contributed by atoms with Crippen LogP contribution in [0.1, 0.15) is 56.2 Å².